The molecule has 1 atom stereocenters. The Morgan fingerprint density at radius 2 is 2.25 bits per heavy atom. The van der Waals surface area contributed by atoms with Gasteiger partial charge in [-0.2, -0.15) is 0 Å². The van der Waals surface area contributed by atoms with Gasteiger partial charge in [-0.1, -0.05) is 0 Å². The van der Waals surface area contributed by atoms with Crippen LogP contribution in [0.5, 0.6) is 0 Å². The van der Waals surface area contributed by atoms with Crippen LogP contribution in [0.3, 0.4) is 0 Å². The van der Waals surface area contributed by atoms with Crippen LogP contribution in [0.15, 0.2) is 16.6 Å². The average Bonchev–Trinajstić information content (AvgIpc) is 2.44. The number of nitrogens with two attached hydrogens (primary N) is 1. The predicted molar refractivity (Wildman–Crippen MR) is 64.1 cm³/mol. The lowest BCUT2D eigenvalue weighted by molar-refractivity contribution is -0.119. The van der Waals surface area contributed by atoms with Crippen LogP contribution < -0.4 is 11.1 Å². The molecular weight excluding hydrogens is 272 g/mol. The molecule has 0 bridgehead atoms. The number of anilines is 1. The second kappa shape index (κ2) is 3.90. The van der Waals surface area contributed by atoms with Crippen LogP contribution in [-0.4, -0.2) is 11.7 Å². The third-order valence-corrected chi connectivity index (χ3v) is 3.30. The molecular formula is C11H11BrN2O2. The van der Waals surface area contributed by atoms with Gasteiger partial charge in [-0.3, -0.25) is 9.59 Å². The molecule has 5 heteroatoms. The van der Waals surface area contributed by atoms with E-state index in [4.69, 9.17) is 5.73 Å². The third-order valence-electron chi connectivity index (χ3n) is 2.61. The summed E-state index contributed by atoms with van der Waals surface area (Å²) in [4.78, 5) is 22.7. The van der Waals surface area contributed by atoms with Gasteiger partial charge in [0, 0.05) is 29.1 Å². The van der Waals surface area contributed by atoms with Crippen LogP contribution in [0.25, 0.3) is 0 Å². The first-order valence-electron chi connectivity index (χ1n) is 4.88. The Morgan fingerprint density at radius 3 is 2.88 bits per heavy atom. The van der Waals surface area contributed by atoms with Crippen LogP contribution in [0.4, 0.5) is 5.69 Å². The molecule has 4 nitrogen and oxygen atoms in total. The van der Waals surface area contributed by atoms with E-state index < -0.39 is 0 Å². The van der Waals surface area contributed by atoms with Gasteiger partial charge >= 0.3 is 0 Å². The Kier molecular flexibility index (Phi) is 2.71. The highest BCUT2D eigenvalue weighted by molar-refractivity contribution is 9.10. The van der Waals surface area contributed by atoms with E-state index in [0.29, 0.717) is 22.1 Å². The Morgan fingerprint density at radius 1 is 1.56 bits per heavy atom. The van der Waals surface area contributed by atoms with E-state index >= 15 is 0 Å². The average molecular weight is 283 g/mol. The van der Waals surface area contributed by atoms with Gasteiger partial charge in [-0.25, -0.2) is 0 Å². The largest absolute Gasteiger partial charge is 0.398 e. The first kappa shape index (κ1) is 11.1. The number of nitrogens with one attached hydrogen (secondary N) is 1. The van der Waals surface area contributed by atoms with E-state index in [-0.39, 0.29) is 17.7 Å². The van der Waals surface area contributed by atoms with Crippen molar-refractivity contribution in [3.63, 3.8) is 0 Å². The molecule has 1 aromatic rings. The molecule has 0 saturated carbocycles. The molecule has 1 aliphatic carbocycles. The zero-order valence-corrected chi connectivity index (χ0v) is 10.3. The minimum absolute atomic E-state index is 0.0365. The summed E-state index contributed by atoms with van der Waals surface area (Å²) in [5, 5.41) is 2.74. The maximum atomic E-state index is 11.7. The fourth-order valence-corrected chi connectivity index (χ4v) is 2.26. The topological polar surface area (TPSA) is 72.2 Å². The smallest absolute Gasteiger partial charge is 0.217 e. The van der Waals surface area contributed by atoms with Gasteiger partial charge in [0.15, 0.2) is 5.78 Å². The third kappa shape index (κ3) is 1.82. The van der Waals surface area contributed by atoms with E-state index in [9.17, 15) is 9.59 Å². The standard InChI is InChI=1S/C11H11BrN2O2/c1-5(15)14-10-4-11(16)7-2-8(12)9(13)3-6(7)10/h2-3,10H,4,13H2,1H3,(H,14,15)/t10-/m0/s1. The molecule has 3 N–H and O–H groups in total. The lowest BCUT2D eigenvalue weighted by Crippen LogP contribution is -2.24. The molecule has 0 radical (unpaired) electrons. The summed E-state index contributed by atoms with van der Waals surface area (Å²) >= 11 is 3.28. The number of amides is 1. The Balaban J connectivity index is 2.45. The van der Waals surface area contributed by atoms with Gasteiger partial charge in [-0.15, -0.1) is 0 Å². The first-order valence-corrected chi connectivity index (χ1v) is 5.67. The van der Waals surface area contributed by atoms with Crippen molar-refractivity contribution in [1.82, 2.24) is 5.32 Å². The van der Waals surface area contributed by atoms with Crippen LogP contribution in [0.2, 0.25) is 0 Å². The molecule has 2 rings (SSSR count). The van der Waals surface area contributed by atoms with Gasteiger partial charge < -0.3 is 11.1 Å². The van der Waals surface area contributed by atoms with E-state index in [0.717, 1.165) is 5.56 Å². The first-order chi connectivity index (χ1) is 7.49. The Hall–Kier alpha value is -1.36. The number of carbonyl (C=O) groups excluding carboxylic acids is 2. The minimum Gasteiger partial charge on any atom is -0.398 e. The number of ketones is 1. The number of carbonyl (C=O) groups is 2. The molecule has 0 saturated heterocycles. The zero-order chi connectivity index (χ0) is 11.9. The second-order valence-corrected chi connectivity index (χ2v) is 4.70. The van der Waals surface area contributed by atoms with Crippen LogP contribution in [0.1, 0.15) is 35.3 Å². The highest BCUT2D eigenvalue weighted by Crippen LogP contribution is 2.35. The maximum Gasteiger partial charge on any atom is 0.217 e. The molecule has 0 aromatic heterocycles. The van der Waals surface area contributed by atoms with Crippen LogP contribution in [0, 0.1) is 0 Å². The number of benzene rings is 1. The van der Waals surface area contributed by atoms with Crippen molar-refractivity contribution in [3.8, 4) is 0 Å². The molecule has 0 fully saturated rings. The molecule has 1 aliphatic rings. The molecule has 16 heavy (non-hydrogen) atoms. The molecule has 0 heterocycles. The monoisotopic (exact) mass is 282 g/mol. The fraction of sp³-hybridized carbons (Fsp3) is 0.273. The predicted octanol–water partition coefficient (Wildman–Crippen LogP) is 1.79. The van der Waals surface area contributed by atoms with Crippen molar-refractivity contribution < 1.29 is 9.59 Å². The zero-order valence-electron chi connectivity index (χ0n) is 8.71. The van der Waals surface area contributed by atoms with Crippen molar-refractivity contribution in [2.24, 2.45) is 0 Å². The quantitative estimate of drug-likeness (QED) is 0.772. The highest BCUT2D eigenvalue weighted by Gasteiger charge is 2.30. The Bertz CT molecular complexity index is 485. The lowest BCUT2D eigenvalue weighted by Gasteiger charge is -2.12. The van der Waals surface area contributed by atoms with Crippen molar-refractivity contribution in [1.29, 1.82) is 0 Å². The summed E-state index contributed by atoms with van der Waals surface area (Å²) in [6.45, 7) is 1.44. The fourth-order valence-electron chi connectivity index (χ4n) is 1.92. The minimum atomic E-state index is -0.240. The van der Waals surface area contributed by atoms with Gasteiger partial charge in [0.25, 0.3) is 0 Å². The SMILES string of the molecule is CC(=O)N[C@H]1CC(=O)c2cc(Br)c(N)cc21. The number of nitrogen functional groups attached to an aromatic ring is 1. The number of Topliss-reactive ketones (excluding diaryl/α,β-unsaturated/α-hetero) is 1. The number of rotatable bonds is 1. The van der Waals surface area contributed by atoms with Crippen molar-refractivity contribution in [2.75, 3.05) is 5.73 Å². The van der Waals surface area contributed by atoms with E-state index in [1.807, 2.05) is 0 Å². The Labute approximate surface area is 101 Å². The van der Waals surface area contributed by atoms with E-state index in [1.165, 1.54) is 6.92 Å². The number of hydrogen-bond acceptors (Lipinski definition) is 3. The molecule has 1 amide bonds. The van der Waals surface area contributed by atoms with Crippen molar-refractivity contribution in [2.45, 2.75) is 19.4 Å². The van der Waals surface area contributed by atoms with Gasteiger partial charge in [0.1, 0.15) is 0 Å². The molecule has 1 aromatic carbocycles. The lowest BCUT2D eigenvalue weighted by atomic mass is 10.1. The maximum absolute atomic E-state index is 11.7. The summed E-state index contributed by atoms with van der Waals surface area (Å²) in [5.74, 6) is -0.110. The van der Waals surface area contributed by atoms with Gasteiger partial charge in [-0.05, 0) is 33.6 Å². The number of halogens is 1. The molecule has 0 unspecified atom stereocenters. The van der Waals surface area contributed by atoms with Crippen LogP contribution >= 0.6 is 15.9 Å². The molecule has 0 aliphatic heterocycles. The van der Waals surface area contributed by atoms with E-state index in [2.05, 4.69) is 21.2 Å². The molecule has 0 spiro atoms. The second-order valence-electron chi connectivity index (χ2n) is 3.84. The summed E-state index contributed by atoms with van der Waals surface area (Å²) in [5.41, 5.74) is 7.78. The number of fused-ring (bicyclic) bond motifs is 1. The van der Waals surface area contributed by atoms with Crippen LogP contribution in [-0.2, 0) is 4.79 Å². The summed E-state index contributed by atoms with van der Waals surface area (Å²) < 4.78 is 0.711. The summed E-state index contributed by atoms with van der Waals surface area (Å²) in [7, 11) is 0. The number of hydrogen-bond donors (Lipinski definition) is 2. The van der Waals surface area contributed by atoms with Gasteiger partial charge in [0.2, 0.25) is 5.91 Å². The van der Waals surface area contributed by atoms with Crippen molar-refractivity contribution in [3.05, 3.63) is 27.7 Å². The van der Waals surface area contributed by atoms with Gasteiger partial charge in [0.05, 0.1) is 6.04 Å². The van der Waals surface area contributed by atoms with E-state index in [1.54, 1.807) is 12.1 Å². The summed E-state index contributed by atoms with van der Waals surface area (Å²) in [6, 6.07) is 3.22. The van der Waals surface area contributed by atoms with Crippen molar-refractivity contribution >= 4 is 33.3 Å². The summed E-state index contributed by atoms with van der Waals surface area (Å²) in [6.07, 6.45) is 0.310. The normalized spacial score (nSPS) is 18.4. The molecule has 84 valence electrons. The highest BCUT2D eigenvalue weighted by atomic mass is 79.9.